The molecule has 238 valence electrons. The van der Waals surface area contributed by atoms with Gasteiger partial charge in [0.1, 0.15) is 5.58 Å². The van der Waals surface area contributed by atoms with Crippen molar-refractivity contribution in [2.24, 2.45) is 0 Å². The standard InChI is InChI=1S/C46H28N4O/c1-2-8-29(9-3-1)30-15-17-31(18-16-30)32-19-23-35(24-20-32)43-48-44(36-25-26-41-40(28-36)38-14-7-27-47-46(38)51-41)50-45(49-43)39-13-6-11-34-22-21-33-10-4-5-12-37(33)42(34)39/h1-28H. The van der Waals surface area contributed by atoms with Gasteiger partial charge in [0, 0.05) is 39.0 Å². The topological polar surface area (TPSA) is 64.7 Å². The lowest BCUT2D eigenvalue weighted by molar-refractivity contribution is 0.654. The van der Waals surface area contributed by atoms with Crippen molar-refractivity contribution >= 4 is 43.6 Å². The highest BCUT2D eigenvalue weighted by Crippen LogP contribution is 2.36. The van der Waals surface area contributed by atoms with Crippen molar-refractivity contribution < 1.29 is 4.42 Å². The molecule has 51 heavy (non-hydrogen) atoms. The summed E-state index contributed by atoms with van der Waals surface area (Å²) < 4.78 is 6.03. The first kappa shape index (κ1) is 29.0. The van der Waals surface area contributed by atoms with E-state index in [1.165, 1.54) is 16.5 Å². The molecule has 5 nitrogen and oxygen atoms in total. The average Bonchev–Trinajstić information content (AvgIpc) is 3.59. The first-order chi connectivity index (χ1) is 25.2. The average molecular weight is 653 g/mol. The highest BCUT2D eigenvalue weighted by Gasteiger charge is 2.17. The quantitative estimate of drug-likeness (QED) is 0.173. The fourth-order valence-electron chi connectivity index (χ4n) is 7.05. The van der Waals surface area contributed by atoms with Gasteiger partial charge in [-0.15, -0.1) is 0 Å². The van der Waals surface area contributed by atoms with Gasteiger partial charge in [0.15, 0.2) is 17.5 Å². The largest absolute Gasteiger partial charge is 0.438 e. The number of nitrogens with zero attached hydrogens (tertiary/aromatic N) is 4. The molecule has 7 aromatic carbocycles. The molecule has 0 bridgehead atoms. The van der Waals surface area contributed by atoms with Crippen molar-refractivity contribution in [3.8, 4) is 56.4 Å². The normalized spacial score (nSPS) is 11.5. The number of furan rings is 1. The monoisotopic (exact) mass is 652 g/mol. The van der Waals surface area contributed by atoms with Crippen LogP contribution in [0, 0.1) is 0 Å². The van der Waals surface area contributed by atoms with Crippen LogP contribution in [-0.4, -0.2) is 19.9 Å². The van der Waals surface area contributed by atoms with Crippen LogP contribution < -0.4 is 0 Å². The van der Waals surface area contributed by atoms with Crippen LogP contribution in [-0.2, 0) is 0 Å². The minimum absolute atomic E-state index is 0.591. The Kier molecular flexibility index (Phi) is 6.74. The van der Waals surface area contributed by atoms with Crippen molar-refractivity contribution in [3.05, 3.63) is 170 Å². The van der Waals surface area contributed by atoms with Crippen LogP contribution >= 0.6 is 0 Å². The molecule has 0 amide bonds. The molecule has 10 aromatic rings. The Labute approximate surface area is 293 Å². The summed E-state index contributed by atoms with van der Waals surface area (Å²) in [4.78, 5) is 19.8. The predicted octanol–water partition coefficient (Wildman–Crippen LogP) is 11.8. The van der Waals surface area contributed by atoms with Crippen molar-refractivity contribution in [1.82, 2.24) is 19.9 Å². The molecule has 0 saturated heterocycles. The highest BCUT2D eigenvalue weighted by molar-refractivity contribution is 6.13. The summed E-state index contributed by atoms with van der Waals surface area (Å²) in [5.41, 5.74) is 8.80. The van der Waals surface area contributed by atoms with E-state index in [0.717, 1.165) is 60.3 Å². The zero-order valence-electron chi connectivity index (χ0n) is 27.4. The van der Waals surface area contributed by atoms with E-state index in [-0.39, 0.29) is 0 Å². The second kappa shape index (κ2) is 11.9. The van der Waals surface area contributed by atoms with Crippen LogP contribution in [0.5, 0.6) is 0 Å². The summed E-state index contributed by atoms with van der Waals surface area (Å²) in [6.45, 7) is 0. The molecule has 0 saturated carbocycles. The van der Waals surface area contributed by atoms with Crippen LogP contribution in [0.2, 0.25) is 0 Å². The third-order valence-corrected chi connectivity index (χ3v) is 9.62. The second-order valence-corrected chi connectivity index (χ2v) is 12.7. The molecule has 0 unspecified atom stereocenters. The lowest BCUT2D eigenvalue weighted by Gasteiger charge is -2.12. The summed E-state index contributed by atoms with van der Waals surface area (Å²) in [5, 5.41) is 6.52. The molecule has 0 aliphatic heterocycles. The summed E-state index contributed by atoms with van der Waals surface area (Å²) in [6.07, 6.45) is 1.75. The zero-order valence-corrected chi connectivity index (χ0v) is 27.4. The summed E-state index contributed by atoms with van der Waals surface area (Å²) in [5.74, 6) is 1.82. The Morgan fingerprint density at radius 3 is 1.75 bits per heavy atom. The maximum Gasteiger partial charge on any atom is 0.227 e. The molecular weight excluding hydrogens is 625 g/mol. The number of fused-ring (bicyclic) bond motifs is 6. The van der Waals surface area contributed by atoms with E-state index in [0.29, 0.717) is 23.2 Å². The highest BCUT2D eigenvalue weighted by atomic mass is 16.3. The minimum Gasteiger partial charge on any atom is -0.438 e. The Bertz CT molecular complexity index is 2900. The zero-order chi connectivity index (χ0) is 33.7. The van der Waals surface area contributed by atoms with Crippen LogP contribution in [0.3, 0.4) is 0 Å². The van der Waals surface area contributed by atoms with Gasteiger partial charge in [-0.1, -0.05) is 133 Å². The number of rotatable bonds is 5. The maximum atomic E-state index is 6.03. The van der Waals surface area contributed by atoms with Crippen LogP contribution in [0.15, 0.2) is 174 Å². The van der Waals surface area contributed by atoms with Gasteiger partial charge in [-0.25, -0.2) is 19.9 Å². The van der Waals surface area contributed by atoms with E-state index >= 15 is 0 Å². The second-order valence-electron chi connectivity index (χ2n) is 12.7. The Hall–Kier alpha value is -6.98. The smallest absolute Gasteiger partial charge is 0.227 e. The molecule has 0 radical (unpaired) electrons. The van der Waals surface area contributed by atoms with Crippen molar-refractivity contribution in [2.75, 3.05) is 0 Å². The van der Waals surface area contributed by atoms with Crippen molar-refractivity contribution in [3.63, 3.8) is 0 Å². The van der Waals surface area contributed by atoms with Gasteiger partial charge in [0.05, 0.1) is 0 Å². The molecule has 0 aliphatic rings. The minimum atomic E-state index is 0.591. The van der Waals surface area contributed by atoms with E-state index in [1.54, 1.807) is 6.20 Å². The first-order valence-electron chi connectivity index (χ1n) is 17.0. The molecule has 0 fully saturated rings. The summed E-state index contributed by atoms with van der Waals surface area (Å²) in [7, 11) is 0. The molecule has 3 heterocycles. The lowest BCUT2D eigenvalue weighted by atomic mass is 9.97. The maximum absolute atomic E-state index is 6.03. The molecule has 5 heteroatoms. The van der Waals surface area contributed by atoms with E-state index in [9.17, 15) is 0 Å². The Morgan fingerprint density at radius 2 is 0.961 bits per heavy atom. The molecule has 3 aromatic heterocycles. The molecule has 0 spiro atoms. The van der Waals surface area contributed by atoms with Gasteiger partial charge in [-0.3, -0.25) is 0 Å². The van der Waals surface area contributed by atoms with E-state index in [2.05, 4.69) is 138 Å². The van der Waals surface area contributed by atoms with Gasteiger partial charge < -0.3 is 4.42 Å². The predicted molar refractivity (Wildman–Crippen MR) is 207 cm³/mol. The van der Waals surface area contributed by atoms with Gasteiger partial charge in [0.25, 0.3) is 0 Å². The van der Waals surface area contributed by atoms with Crippen LogP contribution in [0.4, 0.5) is 0 Å². The molecular formula is C46H28N4O. The fraction of sp³-hybridized carbons (Fsp3) is 0. The molecule has 0 atom stereocenters. The van der Waals surface area contributed by atoms with Crippen molar-refractivity contribution in [1.29, 1.82) is 0 Å². The number of benzene rings is 7. The SMILES string of the molecule is c1ccc(-c2ccc(-c3ccc(-c4nc(-c5ccc6oc7ncccc7c6c5)nc(-c5cccc6ccc7ccccc7c56)n4)cc3)cc2)cc1. The van der Waals surface area contributed by atoms with Crippen LogP contribution in [0.25, 0.3) is 100 Å². The van der Waals surface area contributed by atoms with Crippen molar-refractivity contribution in [2.45, 2.75) is 0 Å². The van der Waals surface area contributed by atoms with E-state index < -0.39 is 0 Å². The van der Waals surface area contributed by atoms with Gasteiger partial charge in [0.2, 0.25) is 5.71 Å². The van der Waals surface area contributed by atoms with E-state index in [4.69, 9.17) is 19.4 Å². The molecule has 10 rings (SSSR count). The third-order valence-electron chi connectivity index (χ3n) is 9.62. The summed E-state index contributed by atoms with van der Waals surface area (Å²) in [6, 6.07) is 56.8. The number of aromatic nitrogens is 4. The van der Waals surface area contributed by atoms with Gasteiger partial charge in [-0.05, 0) is 68.7 Å². The molecule has 0 aliphatic carbocycles. The summed E-state index contributed by atoms with van der Waals surface area (Å²) >= 11 is 0. The van der Waals surface area contributed by atoms with E-state index in [1.807, 2.05) is 30.3 Å². The number of pyridine rings is 1. The third kappa shape index (κ3) is 5.11. The lowest BCUT2D eigenvalue weighted by Crippen LogP contribution is -2.00. The van der Waals surface area contributed by atoms with Gasteiger partial charge >= 0.3 is 0 Å². The van der Waals surface area contributed by atoms with Crippen LogP contribution in [0.1, 0.15) is 0 Å². The Balaban J connectivity index is 1.12. The van der Waals surface area contributed by atoms with Gasteiger partial charge in [-0.2, -0.15) is 0 Å². The number of hydrogen-bond acceptors (Lipinski definition) is 5. The molecule has 0 N–H and O–H groups in total. The fourth-order valence-corrected chi connectivity index (χ4v) is 7.05. The Morgan fingerprint density at radius 1 is 0.373 bits per heavy atom. The first-order valence-corrected chi connectivity index (χ1v) is 17.0. The number of hydrogen-bond donors (Lipinski definition) is 0.